The molecule has 1 atom stereocenters. The van der Waals surface area contributed by atoms with Crippen LogP contribution in [0.4, 0.5) is 5.69 Å². The summed E-state index contributed by atoms with van der Waals surface area (Å²) in [5.41, 5.74) is 6.67. The molecule has 0 saturated heterocycles. The Morgan fingerprint density at radius 1 is 1.40 bits per heavy atom. The molecule has 1 aromatic carbocycles. The Morgan fingerprint density at radius 2 is 2.07 bits per heavy atom. The standard InChI is InChI=1S/C12H20N2O/c1-10(8-9-13)14(2)11-6-4-5-7-12(11)15-3/h4-7,10H,8-9,13H2,1-3H3. The van der Waals surface area contributed by atoms with Gasteiger partial charge in [-0.05, 0) is 32.0 Å². The van der Waals surface area contributed by atoms with E-state index in [0.29, 0.717) is 12.6 Å². The Bertz CT molecular complexity index is 301. The normalized spacial score (nSPS) is 12.3. The van der Waals surface area contributed by atoms with E-state index in [9.17, 15) is 0 Å². The van der Waals surface area contributed by atoms with Crippen LogP contribution in [0.3, 0.4) is 0 Å². The van der Waals surface area contributed by atoms with Gasteiger partial charge in [0.1, 0.15) is 5.75 Å². The lowest BCUT2D eigenvalue weighted by Crippen LogP contribution is -2.31. The van der Waals surface area contributed by atoms with E-state index in [4.69, 9.17) is 10.5 Å². The predicted octanol–water partition coefficient (Wildman–Crippen LogP) is 1.87. The van der Waals surface area contributed by atoms with Gasteiger partial charge >= 0.3 is 0 Å². The van der Waals surface area contributed by atoms with Gasteiger partial charge in [0.2, 0.25) is 0 Å². The number of nitrogens with two attached hydrogens (primary N) is 1. The van der Waals surface area contributed by atoms with Crippen molar-refractivity contribution in [2.24, 2.45) is 5.73 Å². The van der Waals surface area contributed by atoms with E-state index in [-0.39, 0.29) is 0 Å². The minimum absolute atomic E-state index is 0.422. The van der Waals surface area contributed by atoms with Crippen molar-refractivity contribution < 1.29 is 4.74 Å². The van der Waals surface area contributed by atoms with Crippen LogP contribution in [-0.2, 0) is 0 Å². The van der Waals surface area contributed by atoms with E-state index < -0.39 is 0 Å². The first-order chi connectivity index (χ1) is 7.20. The van der Waals surface area contributed by atoms with Gasteiger partial charge in [-0.15, -0.1) is 0 Å². The van der Waals surface area contributed by atoms with Crippen LogP contribution in [0.15, 0.2) is 24.3 Å². The Hall–Kier alpha value is -1.22. The van der Waals surface area contributed by atoms with Crippen molar-refractivity contribution in [2.75, 3.05) is 25.6 Å². The third-order valence-corrected chi connectivity index (χ3v) is 2.71. The van der Waals surface area contributed by atoms with Crippen molar-refractivity contribution in [1.29, 1.82) is 0 Å². The molecule has 0 bridgehead atoms. The van der Waals surface area contributed by atoms with Crippen LogP contribution in [0.2, 0.25) is 0 Å². The van der Waals surface area contributed by atoms with Gasteiger partial charge in [0.05, 0.1) is 12.8 Å². The monoisotopic (exact) mass is 208 g/mol. The molecule has 0 heterocycles. The second kappa shape index (κ2) is 5.61. The first-order valence-corrected chi connectivity index (χ1v) is 5.26. The van der Waals surface area contributed by atoms with E-state index in [1.54, 1.807) is 7.11 Å². The number of methoxy groups -OCH3 is 1. The van der Waals surface area contributed by atoms with Crippen molar-refractivity contribution in [3.05, 3.63) is 24.3 Å². The number of anilines is 1. The summed E-state index contributed by atoms with van der Waals surface area (Å²) in [6, 6.07) is 8.45. The van der Waals surface area contributed by atoms with Crippen molar-refractivity contribution in [1.82, 2.24) is 0 Å². The van der Waals surface area contributed by atoms with Gasteiger partial charge in [0.15, 0.2) is 0 Å². The van der Waals surface area contributed by atoms with Crippen LogP contribution in [0.1, 0.15) is 13.3 Å². The fraction of sp³-hybridized carbons (Fsp3) is 0.500. The third kappa shape index (κ3) is 2.86. The smallest absolute Gasteiger partial charge is 0.142 e. The molecule has 84 valence electrons. The molecule has 0 aromatic heterocycles. The van der Waals surface area contributed by atoms with E-state index in [0.717, 1.165) is 17.9 Å². The lowest BCUT2D eigenvalue weighted by atomic mass is 10.2. The van der Waals surface area contributed by atoms with Gasteiger partial charge in [-0.2, -0.15) is 0 Å². The molecule has 0 radical (unpaired) electrons. The summed E-state index contributed by atoms with van der Waals surface area (Å²) >= 11 is 0. The minimum atomic E-state index is 0.422. The van der Waals surface area contributed by atoms with Gasteiger partial charge in [-0.25, -0.2) is 0 Å². The number of hydrogen-bond acceptors (Lipinski definition) is 3. The minimum Gasteiger partial charge on any atom is -0.495 e. The molecule has 0 aliphatic carbocycles. The van der Waals surface area contributed by atoms with Crippen molar-refractivity contribution in [2.45, 2.75) is 19.4 Å². The summed E-state index contributed by atoms with van der Waals surface area (Å²) in [5, 5.41) is 0. The van der Waals surface area contributed by atoms with Crippen molar-refractivity contribution in [3.8, 4) is 5.75 Å². The summed E-state index contributed by atoms with van der Waals surface area (Å²) in [6.45, 7) is 2.87. The van der Waals surface area contributed by atoms with E-state index >= 15 is 0 Å². The summed E-state index contributed by atoms with van der Waals surface area (Å²) in [5.74, 6) is 0.906. The highest BCUT2D eigenvalue weighted by Crippen LogP contribution is 2.28. The van der Waals surface area contributed by atoms with Crippen molar-refractivity contribution >= 4 is 5.69 Å². The Morgan fingerprint density at radius 3 is 2.67 bits per heavy atom. The Balaban J connectivity index is 2.84. The highest BCUT2D eigenvalue weighted by molar-refractivity contribution is 5.58. The maximum Gasteiger partial charge on any atom is 0.142 e. The van der Waals surface area contributed by atoms with Crippen molar-refractivity contribution in [3.63, 3.8) is 0 Å². The maximum absolute atomic E-state index is 5.56. The van der Waals surface area contributed by atoms with Gasteiger partial charge in [0.25, 0.3) is 0 Å². The molecule has 3 nitrogen and oxygen atoms in total. The number of benzene rings is 1. The predicted molar refractivity (Wildman–Crippen MR) is 64.5 cm³/mol. The van der Waals surface area contributed by atoms with Crippen LogP contribution in [0.25, 0.3) is 0 Å². The molecule has 1 aromatic rings. The average molecular weight is 208 g/mol. The molecule has 2 N–H and O–H groups in total. The molecule has 0 aliphatic rings. The fourth-order valence-electron chi connectivity index (χ4n) is 1.59. The van der Waals surface area contributed by atoms with Crippen LogP contribution < -0.4 is 15.4 Å². The average Bonchev–Trinajstić information content (AvgIpc) is 2.28. The topological polar surface area (TPSA) is 38.5 Å². The van der Waals surface area contributed by atoms with Crippen LogP contribution in [0, 0.1) is 0 Å². The molecule has 1 rings (SSSR count). The molecule has 0 spiro atoms. The Kier molecular flexibility index (Phi) is 4.43. The van der Waals surface area contributed by atoms with Gasteiger partial charge in [-0.1, -0.05) is 12.1 Å². The first-order valence-electron chi connectivity index (χ1n) is 5.26. The lowest BCUT2D eigenvalue weighted by Gasteiger charge is -2.28. The molecule has 15 heavy (non-hydrogen) atoms. The van der Waals surface area contributed by atoms with E-state index in [1.165, 1.54) is 0 Å². The first kappa shape index (κ1) is 11.9. The zero-order chi connectivity index (χ0) is 11.3. The third-order valence-electron chi connectivity index (χ3n) is 2.71. The molecule has 1 unspecified atom stereocenters. The molecular formula is C12H20N2O. The summed E-state index contributed by atoms with van der Waals surface area (Å²) in [6.07, 6.45) is 0.981. The largest absolute Gasteiger partial charge is 0.495 e. The number of ether oxygens (including phenoxy) is 1. The zero-order valence-electron chi connectivity index (χ0n) is 9.73. The fourth-order valence-corrected chi connectivity index (χ4v) is 1.59. The number of para-hydroxylation sites is 2. The highest BCUT2D eigenvalue weighted by Gasteiger charge is 2.12. The molecule has 3 heteroatoms. The second-order valence-corrected chi connectivity index (χ2v) is 3.71. The second-order valence-electron chi connectivity index (χ2n) is 3.71. The summed E-state index contributed by atoms with van der Waals surface area (Å²) in [7, 11) is 3.76. The molecular weight excluding hydrogens is 188 g/mol. The Labute approximate surface area is 91.8 Å². The van der Waals surface area contributed by atoms with Crippen LogP contribution in [0.5, 0.6) is 5.75 Å². The molecule has 0 amide bonds. The molecule has 0 aliphatic heterocycles. The molecule has 0 saturated carbocycles. The van der Waals surface area contributed by atoms with E-state index in [2.05, 4.69) is 24.9 Å². The van der Waals surface area contributed by atoms with Crippen LogP contribution >= 0.6 is 0 Å². The van der Waals surface area contributed by atoms with Gasteiger partial charge in [0, 0.05) is 13.1 Å². The van der Waals surface area contributed by atoms with Gasteiger partial charge in [-0.3, -0.25) is 0 Å². The van der Waals surface area contributed by atoms with Gasteiger partial charge < -0.3 is 15.4 Å². The quantitative estimate of drug-likeness (QED) is 0.802. The zero-order valence-corrected chi connectivity index (χ0v) is 9.73. The number of nitrogens with zero attached hydrogens (tertiary/aromatic N) is 1. The van der Waals surface area contributed by atoms with Crippen LogP contribution in [-0.4, -0.2) is 26.7 Å². The number of rotatable bonds is 5. The SMILES string of the molecule is COc1ccccc1N(C)C(C)CCN. The summed E-state index contributed by atoms with van der Waals surface area (Å²) in [4.78, 5) is 2.20. The highest BCUT2D eigenvalue weighted by atomic mass is 16.5. The van der Waals surface area contributed by atoms with E-state index in [1.807, 2.05) is 18.2 Å². The molecule has 0 fully saturated rings. The maximum atomic E-state index is 5.56. The summed E-state index contributed by atoms with van der Waals surface area (Å²) < 4.78 is 5.32. The lowest BCUT2D eigenvalue weighted by molar-refractivity contribution is 0.413. The number of hydrogen-bond donors (Lipinski definition) is 1.